The summed E-state index contributed by atoms with van der Waals surface area (Å²) in [7, 11) is 0. The van der Waals surface area contributed by atoms with E-state index in [1.165, 1.54) is 0 Å². The maximum atomic E-state index is 11.0. The molecule has 15 heavy (non-hydrogen) atoms. The number of hydrogen-bond acceptors (Lipinski definition) is 4. The number of rotatable bonds is 5. The zero-order chi connectivity index (χ0) is 10.9. The lowest BCUT2D eigenvalue weighted by Crippen LogP contribution is -2.03. The molecular weight excluding hydrogens is 212 g/mol. The summed E-state index contributed by atoms with van der Waals surface area (Å²) in [5.74, 6) is 0. The summed E-state index contributed by atoms with van der Waals surface area (Å²) in [6, 6.07) is 9.40. The molecule has 0 radical (unpaired) electrons. The third-order valence-corrected chi connectivity index (χ3v) is 2.35. The molecule has 0 aliphatic heterocycles. The molecule has 0 heterocycles. The number of ether oxygens (including phenoxy) is 1. The molecule has 4 heteroatoms. The van der Waals surface area contributed by atoms with Gasteiger partial charge in [0.05, 0.1) is 18.6 Å². The first-order valence-corrected chi connectivity index (χ1v) is 5.63. The molecule has 0 bridgehead atoms. The Balaban J connectivity index is 2.17. The Bertz CT molecular complexity index is 287. The molecule has 0 fully saturated rings. The third-order valence-electron chi connectivity index (χ3n) is 1.67. The summed E-state index contributed by atoms with van der Waals surface area (Å²) in [5.41, 5.74) is 0. The molecule has 0 aromatic heterocycles. The SMILES string of the molecule is CCCCOC(=O)OSc1ccccc1. The molecule has 0 amide bonds. The molecule has 0 N–H and O–H groups in total. The van der Waals surface area contributed by atoms with E-state index in [4.69, 9.17) is 8.92 Å². The van der Waals surface area contributed by atoms with E-state index in [0.717, 1.165) is 29.8 Å². The van der Waals surface area contributed by atoms with E-state index in [9.17, 15) is 4.79 Å². The van der Waals surface area contributed by atoms with Crippen LogP contribution in [-0.2, 0) is 8.92 Å². The number of carbonyl (C=O) groups excluding carboxylic acids is 1. The van der Waals surface area contributed by atoms with Crippen molar-refractivity contribution in [2.75, 3.05) is 6.61 Å². The van der Waals surface area contributed by atoms with Gasteiger partial charge in [-0.3, -0.25) is 0 Å². The van der Waals surface area contributed by atoms with Crippen LogP contribution in [0.2, 0.25) is 0 Å². The predicted molar refractivity (Wildman–Crippen MR) is 59.6 cm³/mol. The summed E-state index contributed by atoms with van der Waals surface area (Å²) in [6.45, 7) is 2.46. The molecule has 0 atom stereocenters. The lowest BCUT2D eigenvalue weighted by molar-refractivity contribution is 0.105. The van der Waals surface area contributed by atoms with E-state index in [1.807, 2.05) is 37.3 Å². The monoisotopic (exact) mass is 226 g/mol. The minimum Gasteiger partial charge on any atom is -0.434 e. The van der Waals surface area contributed by atoms with Crippen molar-refractivity contribution in [2.45, 2.75) is 24.7 Å². The van der Waals surface area contributed by atoms with E-state index < -0.39 is 6.16 Å². The van der Waals surface area contributed by atoms with E-state index in [0.29, 0.717) is 6.61 Å². The van der Waals surface area contributed by atoms with Gasteiger partial charge in [-0.15, -0.1) is 0 Å². The maximum Gasteiger partial charge on any atom is 0.521 e. The van der Waals surface area contributed by atoms with Crippen molar-refractivity contribution >= 4 is 18.2 Å². The Kier molecular flexibility index (Phi) is 5.70. The highest BCUT2D eigenvalue weighted by atomic mass is 32.2. The van der Waals surface area contributed by atoms with Gasteiger partial charge in [-0.2, -0.15) is 0 Å². The smallest absolute Gasteiger partial charge is 0.434 e. The number of carbonyl (C=O) groups is 1. The summed E-state index contributed by atoms with van der Waals surface area (Å²) in [4.78, 5) is 11.9. The molecule has 0 spiro atoms. The van der Waals surface area contributed by atoms with Crippen molar-refractivity contribution in [3.8, 4) is 0 Å². The highest BCUT2D eigenvalue weighted by molar-refractivity contribution is 7.95. The minimum absolute atomic E-state index is 0.421. The van der Waals surface area contributed by atoms with E-state index in [-0.39, 0.29) is 0 Å². The molecule has 1 rings (SSSR count). The van der Waals surface area contributed by atoms with Crippen LogP contribution in [0.5, 0.6) is 0 Å². The molecule has 0 aliphatic rings. The van der Waals surface area contributed by atoms with Gasteiger partial charge in [-0.1, -0.05) is 31.5 Å². The first-order valence-electron chi connectivity index (χ1n) is 4.89. The molecular formula is C11H14O3S. The standard InChI is InChI=1S/C11H14O3S/c1-2-3-9-13-11(12)14-15-10-7-5-4-6-8-10/h4-8H,2-3,9H2,1H3. The Morgan fingerprint density at radius 2 is 2.07 bits per heavy atom. The molecule has 0 saturated carbocycles. The van der Waals surface area contributed by atoms with E-state index in [1.54, 1.807) is 0 Å². The second kappa shape index (κ2) is 7.17. The fourth-order valence-corrected chi connectivity index (χ4v) is 1.36. The normalized spacial score (nSPS) is 9.67. The zero-order valence-corrected chi connectivity index (χ0v) is 9.46. The lowest BCUT2D eigenvalue weighted by atomic mass is 10.4. The van der Waals surface area contributed by atoms with Gasteiger partial charge in [0.15, 0.2) is 0 Å². The van der Waals surface area contributed by atoms with Crippen molar-refractivity contribution in [3.05, 3.63) is 30.3 Å². The van der Waals surface area contributed by atoms with Crippen LogP contribution < -0.4 is 0 Å². The summed E-state index contributed by atoms with van der Waals surface area (Å²) in [5, 5.41) is 0. The van der Waals surface area contributed by atoms with Crippen molar-refractivity contribution in [1.29, 1.82) is 0 Å². The average Bonchev–Trinajstić information content (AvgIpc) is 2.28. The van der Waals surface area contributed by atoms with Crippen LogP contribution >= 0.6 is 12.0 Å². The van der Waals surface area contributed by atoms with Crippen molar-refractivity contribution in [3.63, 3.8) is 0 Å². The Morgan fingerprint density at radius 1 is 1.33 bits per heavy atom. The van der Waals surface area contributed by atoms with Crippen LogP contribution in [0.25, 0.3) is 0 Å². The second-order valence-corrected chi connectivity index (χ2v) is 3.74. The van der Waals surface area contributed by atoms with Crippen molar-refractivity contribution in [2.24, 2.45) is 0 Å². The Morgan fingerprint density at radius 3 is 2.73 bits per heavy atom. The maximum absolute atomic E-state index is 11.0. The summed E-state index contributed by atoms with van der Waals surface area (Å²) in [6.07, 6.45) is 1.24. The lowest BCUT2D eigenvalue weighted by Gasteiger charge is -2.03. The largest absolute Gasteiger partial charge is 0.521 e. The van der Waals surface area contributed by atoms with Crippen LogP contribution in [0.3, 0.4) is 0 Å². The average molecular weight is 226 g/mol. The van der Waals surface area contributed by atoms with Crippen LogP contribution in [0, 0.1) is 0 Å². The Labute approximate surface area is 94.0 Å². The fourth-order valence-electron chi connectivity index (χ4n) is 0.882. The molecule has 82 valence electrons. The highest BCUT2D eigenvalue weighted by Crippen LogP contribution is 2.18. The third kappa shape index (κ3) is 5.32. The molecule has 1 aromatic rings. The van der Waals surface area contributed by atoms with Gasteiger partial charge in [0, 0.05) is 4.90 Å². The molecule has 0 aliphatic carbocycles. The van der Waals surface area contributed by atoms with Gasteiger partial charge in [0.1, 0.15) is 0 Å². The topological polar surface area (TPSA) is 35.5 Å². The highest BCUT2D eigenvalue weighted by Gasteiger charge is 2.04. The van der Waals surface area contributed by atoms with Crippen LogP contribution in [0.4, 0.5) is 4.79 Å². The van der Waals surface area contributed by atoms with Gasteiger partial charge in [0.2, 0.25) is 0 Å². The molecule has 1 aromatic carbocycles. The first-order chi connectivity index (χ1) is 7.33. The fraction of sp³-hybridized carbons (Fsp3) is 0.364. The Hall–Kier alpha value is -1.16. The second-order valence-electron chi connectivity index (χ2n) is 2.93. The van der Waals surface area contributed by atoms with Gasteiger partial charge in [-0.05, 0) is 18.6 Å². The first kappa shape index (κ1) is 11.9. The van der Waals surface area contributed by atoms with Gasteiger partial charge >= 0.3 is 6.16 Å². The predicted octanol–water partition coefficient (Wildman–Crippen LogP) is 3.65. The van der Waals surface area contributed by atoms with Gasteiger partial charge in [-0.25, -0.2) is 4.79 Å². The van der Waals surface area contributed by atoms with E-state index in [2.05, 4.69) is 0 Å². The summed E-state index contributed by atoms with van der Waals surface area (Å²) < 4.78 is 9.65. The van der Waals surface area contributed by atoms with Crippen LogP contribution in [0.15, 0.2) is 35.2 Å². The summed E-state index contributed by atoms with van der Waals surface area (Å²) >= 11 is 1.01. The van der Waals surface area contributed by atoms with Crippen LogP contribution in [-0.4, -0.2) is 12.8 Å². The number of hydrogen-bond donors (Lipinski definition) is 0. The quantitative estimate of drug-likeness (QED) is 0.436. The van der Waals surface area contributed by atoms with Crippen molar-refractivity contribution < 1.29 is 13.7 Å². The van der Waals surface area contributed by atoms with Gasteiger partial charge in [0.25, 0.3) is 0 Å². The van der Waals surface area contributed by atoms with Gasteiger partial charge < -0.3 is 8.92 Å². The minimum atomic E-state index is -0.627. The van der Waals surface area contributed by atoms with Crippen LogP contribution in [0.1, 0.15) is 19.8 Å². The van der Waals surface area contributed by atoms with Crippen molar-refractivity contribution in [1.82, 2.24) is 0 Å². The molecule has 3 nitrogen and oxygen atoms in total. The molecule has 0 saturated heterocycles. The molecule has 0 unspecified atom stereocenters. The van der Waals surface area contributed by atoms with E-state index >= 15 is 0 Å². The number of benzene rings is 1. The number of unbranched alkanes of at least 4 members (excludes halogenated alkanes) is 1. The zero-order valence-electron chi connectivity index (χ0n) is 8.64.